The molecule has 0 heterocycles. The van der Waals surface area contributed by atoms with E-state index in [1.807, 2.05) is 34.6 Å². The van der Waals surface area contributed by atoms with Gasteiger partial charge in [0.1, 0.15) is 0 Å². The molecule has 0 bridgehead atoms. The van der Waals surface area contributed by atoms with Crippen LogP contribution >= 0.6 is 0 Å². The van der Waals surface area contributed by atoms with Crippen LogP contribution in [-0.2, 0) is 9.59 Å². The molecule has 7 heteroatoms. The Morgan fingerprint density at radius 2 is 1.70 bits per heavy atom. The summed E-state index contributed by atoms with van der Waals surface area (Å²) in [6.07, 6.45) is 1.03. The van der Waals surface area contributed by atoms with Crippen molar-refractivity contribution < 1.29 is 35.1 Å². The van der Waals surface area contributed by atoms with Gasteiger partial charge in [-0.05, 0) is 84.7 Å². The number of fused-ring (bicyclic) bond motifs is 4. The summed E-state index contributed by atoms with van der Waals surface area (Å²) in [7, 11) is 0. The van der Waals surface area contributed by atoms with Crippen LogP contribution in [-0.4, -0.2) is 61.7 Å². The van der Waals surface area contributed by atoms with Crippen molar-refractivity contribution in [3.63, 3.8) is 0 Å². The third-order valence-electron chi connectivity index (χ3n) is 11.7. The van der Waals surface area contributed by atoms with Gasteiger partial charge in [0.2, 0.25) is 0 Å². The average Bonchev–Trinajstić information content (AvgIpc) is 2.99. The zero-order valence-corrected chi connectivity index (χ0v) is 23.4. The van der Waals surface area contributed by atoms with Gasteiger partial charge in [-0.3, -0.25) is 4.79 Å². The van der Waals surface area contributed by atoms with Gasteiger partial charge in [-0.1, -0.05) is 41.5 Å². The van der Waals surface area contributed by atoms with Crippen molar-refractivity contribution in [1.82, 2.24) is 0 Å². The number of carbonyl (C=O) groups is 2. The Labute approximate surface area is 220 Å². The molecule has 5 N–H and O–H groups in total. The van der Waals surface area contributed by atoms with Crippen LogP contribution in [0.25, 0.3) is 0 Å². The first-order chi connectivity index (χ1) is 16.9. The molecule has 0 aromatic carbocycles. The standard InChI is InChI=1S/C30H46O7/c1-15(10-17(31)11-16(2)26(36)37)18-12-23(35)30(7)25-19(32)13-21-27(3,4)22(34)8-9-28(21,5)24(25)20(33)14-29(18,30)6/h11,15,17-19,21-23,31-32,34-35H,8-10,12-14H2,1-7H3,(H,36,37). The fourth-order valence-corrected chi connectivity index (χ4v) is 9.35. The summed E-state index contributed by atoms with van der Waals surface area (Å²) in [4.78, 5) is 25.3. The SMILES string of the molecule is CC(=CC(O)CC(C)C1CC(O)C2(C)C3=C(C(=O)CC12C)C1(C)CCC(O)C(C)(C)C1CC3O)C(=O)O. The zero-order valence-electron chi connectivity index (χ0n) is 23.4. The first kappa shape index (κ1) is 28.5. The minimum atomic E-state index is -1.07. The van der Waals surface area contributed by atoms with Crippen molar-refractivity contribution in [1.29, 1.82) is 0 Å². The Morgan fingerprint density at radius 3 is 2.30 bits per heavy atom. The highest BCUT2D eigenvalue weighted by Gasteiger charge is 2.69. The Hall–Kier alpha value is -1.54. The summed E-state index contributed by atoms with van der Waals surface area (Å²) in [5.41, 5.74) is -0.889. The number of ketones is 1. The van der Waals surface area contributed by atoms with Crippen molar-refractivity contribution in [3.8, 4) is 0 Å². The van der Waals surface area contributed by atoms with Gasteiger partial charge in [0.05, 0.1) is 24.4 Å². The number of carboxylic acids is 1. The van der Waals surface area contributed by atoms with Crippen LogP contribution in [0.4, 0.5) is 0 Å². The summed E-state index contributed by atoms with van der Waals surface area (Å²) in [6, 6.07) is 0. The molecule has 0 spiro atoms. The molecular weight excluding hydrogens is 472 g/mol. The largest absolute Gasteiger partial charge is 0.478 e. The minimum Gasteiger partial charge on any atom is -0.478 e. The fraction of sp³-hybridized carbons (Fsp3) is 0.800. The molecule has 10 unspecified atom stereocenters. The highest BCUT2D eigenvalue weighted by molar-refractivity contribution is 6.00. The Morgan fingerprint density at radius 1 is 1.08 bits per heavy atom. The summed E-state index contributed by atoms with van der Waals surface area (Å²) in [5, 5.41) is 53.8. The van der Waals surface area contributed by atoms with E-state index in [9.17, 15) is 30.0 Å². The van der Waals surface area contributed by atoms with Crippen molar-refractivity contribution in [3.05, 3.63) is 22.8 Å². The topological polar surface area (TPSA) is 135 Å². The molecule has 0 amide bonds. The number of allylic oxidation sites excluding steroid dienone is 1. The molecule has 0 saturated heterocycles. The van der Waals surface area contributed by atoms with Crippen molar-refractivity contribution in [2.24, 2.45) is 39.4 Å². The number of hydrogen-bond donors (Lipinski definition) is 5. The van der Waals surface area contributed by atoms with Crippen LogP contribution in [0, 0.1) is 39.4 Å². The highest BCUT2D eigenvalue weighted by atomic mass is 16.4. The highest BCUT2D eigenvalue weighted by Crippen LogP contribution is 2.71. The number of aliphatic carboxylic acids is 1. The molecular formula is C30H46O7. The molecule has 37 heavy (non-hydrogen) atoms. The maximum absolute atomic E-state index is 14.1. The molecule has 4 aliphatic rings. The van der Waals surface area contributed by atoms with Gasteiger partial charge in [-0.2, -0.15) is 0 Å². The first-order valence-electron chi connectivity index (χ1n) is 13.8. The minimum absolute atomic E-state index is 0.0295. The van der Waals surface area contributed by atoms with Crippen LogP contribution in [0.3, 0.4) is 0 Å². The van der Waals surface area contributed by atoms with E-state index in [4.69, 9.17) is 5.11 Å². The second kappa shape index (κ2) is 9.00. The van der Waals surface area contributed by atoms with Gasteiger partial charge in [0.25, 0.3) is 0 Å². The van der Waals surface area contributed by atoms with E-state index in [1.54, 1.807) is 0 Å². The molecule has 2 fully saturated rings. The van der Waals surface area contributed by atoms with E-state index >= 15 is 0 Å². The lowest BCUT2D eigenvalue weighted by Gasteiger charge is -2.62. The number of rotatable bonds is 5. The second-order valence-electron chi connectivity index (χ2n) is 13.9. The fourth-order valence-electron chi connectivity index (χ4n) is 9.35. The molecule has 0 aromatic rings. The smallest absolute Gasteiger partial charge is 0.331 e. The van der Waals surface area contributed by atoms with Gasteiger partial charge in [0.15, 0.2) is 5.78 Å². The molecule has 208 valence electrons. The Bertz CT molecular complexity index is 1040. The van der Waals surface area contributed by atoms with Crippen LogP contribution in [0.5, 0.6) is 0 Å². The molecule has 4 rings (SSSR count). The van der Waals surface area contributed by atoms with Crippen LogP contribution in [0.1, 0.15) is 87.0 Å². The molecule has 0 aliphatic heterocycles. The zero-order chi connectivity index (χ0) is 27.9. The Kier molecular flexibility index (Phi) is 6.93. The maximum Gasteiger partial charge on any atom is 0.331 e. The third-order valence-corrected chi connectivity index (χ3v) is 11.7. The maximum atomic E-state index is 14.1. The first-order valence-corrected chi connectivity index (χ1v) is 13.8. The quantitative estimate of drug-likeness (QED) is 0.351. The second-order valence-corrected chi connectivity index (χ2v) is 13.9. The van der Waals surface area contributed by atoms with E-state index in [2.05, 4.69) is 6.92 Å². The van der Waals surface area contributed by atoms with E-state index < -0.39 is 52.0 Å². The predicted molar refractivity (Wildman–Crippen MR) is 139 cm³/mol. The van der Waals surface area contributed by atoms with Gasteiger partial charge in [-0.25, -0.2) is 4.79 Å². The number of aliphatic hydroxyl groups is 4. The predicted octanol–water partition coefficient (Wildman–Crippen LogP) is 3.64. The van der Waals surface area contributed by atoms with E-state index in [0.717, 1.165) is 0 Å². The molecule has 10 atom stereocenters. The number of carboxylic acid groups (broad SMARTS) is 1. The lowest BCUT2D eigenvalue weighted by molar-refractivity contribution is -0.140. The lowest BCUT2D eigenvalue weighted by Crippen LogP contribution is -2.61. The molecule has 0 aromatic heterocycles. The van der Waals surface area contributed by atoms with Crippen LogP contribution < -0.4 is 0 Å². The average molecular weight is 519 g/mol. The van der Waals surface area contributed by atoms with Gasteiger partial charge >= 0.3 is 5.97 Å². The number of Topliss-reactive ketones (excluding diaryl/α,β-unsaturated/α-hetero) is 1. The van der Waals surface area contributed by atoms with Crippen LogP contribution in [0.2, 0.25) is 0 Å². The van der Waals surface area contributed by atoms with E-state index in [1.165, 1.54) is 13.0 Å². The number of aliphatic hydroxyl groups excluding tert-OH is 4. The van der Waals surface area contributed by atoms with E-state index in [-0.39, 0.29) is 35.5 Å². The summed E-state index contributed by atoms with van der Waals surface area (Å²) in [5.74, 6) is -1.28. The van der Waals surface area contributed by atoms with Gasteiger partial charge in [0, 0.05) is 23.0 Å². The van der Waals surface area contributed by atoms with Gasteiger partial charge < -0.3 is 25.5 Å². The molecule has 0 radical (unpaired) electrons. The molecule has 4 aliphatic carbocycles. The molecule has 2 saturated carbocycles. The van der Waals surface area contributed by atoms with E-state index in [0.29, 0.717) is 43.3 Å². The third kappa shape index (κ3) is 3.90. The lowest BCUT2D eigenvalue weighted by atomic mass is 9.42. The van der Waals surface area contributed by atoms with Crippen molar-refractivity contribution >= 4 is 11.8 Å². The molecule has 7 nitrogen and oxygen atoms in total. The summed E-state index contributed by atoms with van der Waals surface area (Å²) >= 11 is 0. The summed E-state index contributed by atoms with van der Waals surface area (Å²) in [6.45, 7) is 13.7. The van der Waals surface area contributed by atoms with Crippen LogP contribution in [0.15, 0.2) is 22.8 Å². The van der Waals surface area contributed by atoms with Gasteiger partial charge in [-0.15, -0.1) is 0 Å². The van der Waals surface area contributed by atoms with Crippen molar-refractivity contribution in [2.75, 3.05) is 0 Å². The van der Waals surface area contributed by atoms with Crippen molar-refractivity contribution in [2.45, 2.75) is 111 Å². The normalized spacial score (nSPS) is 45.1. The number of carbonyl (C=O) groups excluding carboxylic acids is 1. The number of hydrogen-bond acceptors (Lipinski definition) is 6. The summed E-state index contributed by atoms with van der Waals surface area (Å²) < 4.78 is 0. The monoisotopic (exact) mass is 518 g/mol. The Balaban J connectivity index is 1.76.